The molecule has 2 rings (SSSR count). The van der Waals surface area contributed by atoms with Gasteiger partial charge in [-0.2, -0.15) is 13.2 Å². The third-order valence-corrected chi connectivity index (χ3v) is 5.45. The molecule has 1 fully saturated rings. The van der Waals surface area contributed by atoms with Crippen molar-refractivity contribution in [2.24, 2.45) is 0 Å². The van der Waals surface area contributed by atoms with E-state index >= 15 is 0 Å². The highest BCUT2D eigenvalue weighted by molar-refractivity contribution is 8.13. The van der Waals surface area contributed by atoms with E-state index in [1.54, 1.807) is 12.1 Å². The lowest BCUT2D eigenvalue weighted by Crippen LogP contribution is -2.41. The average Bonchev–Trinajstić information content (AvgIpc) is 2.71. The van der Waals surface area contributed by atoms with Crippen molar-refractivity contribution >= 4 is 30.1 Å². The lowest BCUT2D eigenvalue weighted by Gasteiger charge is -2.32. The van der Waals surface area contributed by atoms with E-state index in [9.17, 15) is 18.0 Å². The molecule has 0 unspecified atom stereocenters. The van der Waals surface area contributed by atoms with E-state index in [0.717, 1.165) is 23.9 Å². The van der Waals surface area contributed by atoms with Crippen LogP contribution in [0.4, 0.5) is 13.2 Å². The van der Waals surface area contributed by atoms with Crippen molar-refractivity contribution in [1.82, 2.24) is 0 Å². The molecule has 0 aromatic heterocycles. The van der Waals surface area contributed by atoms with E-state index in [-0.39, 0.29) is 10.9 Å². The number of alkyl halides is 3. The largest absolute Gasteiger partial charge is 0.491 e. The van der Waals surface area contributed by atoms with Crippen LogP contribution in [-0.4, -0.2) is 29.2 Å². The van der Waals surface area contributed by atoms with Crippen LogP contribution in [0.5, 0.6) is 0 Å². The van der Waals surface area contributed by atoms with Crippen molar-refractivity contribution < 1.29 is 27.3 Å². The second-order valence-corrected chi connectivity index (χ2v) is 8.36. The highest BCUT2D eigenvalue weighted by Gasteiger charge is 2.52. The first-order valence-electron chi connectivity index (χ1n) is 8.18. The quantitative estimate of drug-likeness (QED) is 0.683. The van der Waals surface area contributed by atoms with Crippen molar-refractivity contribution in [2.45, 2.75) is 52.0 Å². The number of hydrogen-bond donors (Lipinski definition) is 0. The van der Waals surface area contributed by atoms with Gasteiger partial charge in [0.15, 0.2) is 5.12 Å². The summed E-state index contributed by atoms with van der Waals surface area (Å²) >= 11 is 1.07. The number of hydrogen-bond acceptors (Lipinski definition) is 4. The van der Waals surface area contributed by atoms with Gasteiger partial charge in [0, 0.05) is 12.7 Å². The number of halogens is 3. The molecule has 1 aliphatic heterocycles. The third kappa shape index (κ3) is 4.93. The Morgan fingerprint density at radius 1 is 1.19 bits per heavy atom. The maximum absolute atomic E-state index is 12.9. The summed E-state index contributed by atoms with van der Waals surface area (Å²) in [7, 11) is -0.721. The van der Waals surface area contributed by atoms with Gasteiger partial charge >= 0.3 is 13.3 Å². The molecule has 0 aliphatic carbocycles. The Bertz CT molecular complexity index is 698. The summed E-state index contributed by atoms with van der Waals surface area (Å²) in [6.07, 6.45) is -2.81. The van der Waals surface area contributed by atoms with Gasteiger partial charge in [-0.3, -0.25) is 4.79 Å². The predicted molar refractivity (Wildman–Crippen MR) is 98.6 cm³/mol. The van der Waals surface area contributed by atoms with Gasteiger partial charge in [0.05, 0.1) is 16.8 Å². The molecule has 3 nitrogen and oxygen atoms in total. The van der Waals surface area contributed by atoms with Crippen LogP contribution < -0.4 is 0 Å². The molecule has 0 atom stereocenters. The van der Waals surface area contributed by atoms with Crippen LogP contribution in [-0.2, 0) is 20.3 Å². The van der Waals surface area contributed by atoms with Gasteiger partial charge in [-0.25, -0.2) is 0 Å². The molecule has 0 radical (unpaired) electrons. The van der Waals surface area contributed by atoms with Crippen LogP contribution in [0.2, 0.25) is 0 Å². The van der Waals surface area contributed by atoms with Crippen molar-refractivity contribution in [2.75, 3.05) is 5.75 Å². The zero-order valence-electron chi connectivity index (χ0n) is 15.4. The van der Waals surface area contributed by atoms with Gasteiger partial charge in [-0.15, -0.1) is 0 Å². The number of thioether (sulfide) groups is 1. The van der Waals surface area contributed by atoms with E-state index < -0.39 is 30.1 Å². The summed E-state index contributed by atoms with van der Waals surface area (Å²) in [5.74, 6) is 0.280. The number of benzene rings is 1. The molecular weight excluding hydrogens is 364 g/mol. The van der Waals surface area contributed by atoms with Crippen molar-refractivity contribution in [1.29, 1.82) is 0 Å². The minimum absolute atomic E-state index is 0.0866. The molecule has 0 saturated carbocycles. The molecular formula is C18H22BF3O3S. The zero-order valence-corrected chi connectivity index (χ0v) is 16.3. The monoisotopic (exact) mass is 386 g/mol. The van der Waals surface area contributed by atoms with Crippen molar-refractivity contribution in [3.8, 4) is 0 Å². The SMILES string of the molecule is CC(=O)SCC(=Cc1cccc(C(F)(F)F)c1)B1OC(C)(C)C(C)(C)O1. The van der Waals surface area contributed by atoms with E-state index in [1.807, 2.05) is 27.7 Å². The van der Waals surface area contributed by atoms with E-state index in [4.69, 9.17) is 9.31 Å². The topological polar surface area (TPSA) is 35.5 Å². The second kappa shape index (κ2) is 7.41. The maximum atomic E-state index is 12.9. The fraction of sp³-hybridized carbons (Fsp3) is 0.500. The Morgan fingerprint density at radius 3 is 2.27 bits per heavy atom. The fourth-order valence-corrected chi connectivity index (χ4v) is 2.97. The molecule has 1 aromatic carbocycles. The Labute approximate surface area is 156 Å². The molecule has 142 valence electrons. The molecule has 26 heavy (non-hydrogen) atoms. The van der Waals surface area contributed by atoms with Gasteiger partial charge < -0.3 is 9.31 Å². The van der Waals surface area contributed by atoms with Crippen LogP contribution in [0.1, 0.15) is 45.7 Å². The van der Waals surface area contributed by atoms with Crippen LogP contribution in [0, 0.1) is 0 Å². The number of carbonyl (C=O) groups is 1. The smallest absolute Gasteiger partial charge is 0.400 e. The van der Waals surface area contributed by atoms with Crippen LogP contribution in [0.15, 0.2) is 29.7 Å². The first kappa shape index (κ1) is 21.1. The summed E-state index contributed by atoms with van der Waals surface area (Å²) in [5, 5.41) is -0.0866. The average molecular weight is 386 g/mol. The van der Waals surface area contributed by atoms with Gasteiger partial charge in [0.1, 0.15) is 0 Å². The Morgan fingerprint density at radius 2 is 1.77 bits per heavy atom. The van der Waals surface area contributed by atoms with Crippen molar-refractivity contribution in [3.05, 3.63) is 40.9 Å². The number of carbonyl (C=O) groups excluding carboxylic acids is 1. The highest BCUT2D eigenvalue weighted by Crippen LogP contribution is 2.39. The molecule has 0 spiro atoms. The summed E-state index contributed by atoms with van der Waals surface area (Å²) in [6.45, 7) is 9.02. The van der Waals surface area contributed by atoms with Gasteiger partial charge in [0.2, 0.25) is 0 Å². The minimum Gasteiger partial charge on any atom is -0.400 e. The van der Waals surface area contributed by atoms with Crippen LogP contribution in [0.3, 0.4) is 0 Å². The molecule has 0 amide bonds. The molecule has 0 N–H and O–H groups in total. The first-order chi connectivity index (χ1) is 11.8. The van der Waals surface area contributed by atoms with E-state index in [1.165, 1.54) is 13.0 Å². The van der Waals surface area contributed by atoms with Gasteiger partial charge in [-0.1, -0.05) is 30.0 Å². The molecule has 0 bridgehead atoms. The Kier molecular flexibility index (Phi) is 6.00. The third-order valence-electron chi connectivity index (χ3n) is 4.56. The van der Waals surface area contributed by atoms with Crippen LogP contribution in [0.25, 0.3) is 6.08 Å². The first-order valence-corrected chi connectivity index (χ1v) is 9.17. The Hall–Kier alpha value is -1.25. The summed E-state index contributed by atoms with van der Waals surface area (Å²) in [4.78, 5) is 11.4. The molecule has 8 heteroatoms. The summed E-state index contributed by atoms with van der Waals surface area (Å²) in [6, 6.07) is 5.04. The summed E-state index contributed by atoms with van der Waals surface area (Å²) < 4.78 is 50.8. The standard InChI is InChI=1S/C18H22BF3O3S/c1-12(23)26-11-15(19-24-16(2,3)17(4,5)25-19)10-13-7-6-8-14(9-13)18(20,21)22/h6-10H,11H2,1-5H3. The normalized spacial score (nSPS) is 19.7. The van der Waals surface area contributed by atoms with Crippen molar-refractivity contribution in [3.63, 3.8) is 0 Å². The fourth-order valence-electron chi connectivity index (χ4n) is 2.38. The maximum Gasteiger partial charge on any atom is 0.491 e. The lowest BCUT2D eigenvalue weighted by molar-refractivity contribution is -0.137. The molecule has 1 aromatic rings. The number of rotatable bonds is 4. The molecule has 1 saturated heterocycles. The van der Waals surface area contributed by atoms with E-state index in [0.29, 0.717) is 11.0 Å². The molecule has 1 heterocycles. The van der Waals surface area contributed by atoms with E-state index in [2.05, 4.69) is 0 Å². The van der Waals surface area contributed by atoms with Gasteiger partial charge in [-0.05, 0) is 50.9 Å². The lowest BCUT2D eigenvalue weighted by atomic mass is 9.78. The molecule has 1 aliphatic rings. The Balaban J connectivity index is 2.37. The second-order valence-electron chi connectivity index (χ2n) is 7.21. The van der Waals surface area contributed by atoms with Gasteiger partial charge in [0.25, 0.3) is 0 Å². The minimum atomic E-state index is -4.41. The highest BCUT2D eigenvalue weighted by atomic mass is 32.2. The summed E-state index contributed by atoms with van der Waals surface area (Å²) in [5.41, 5.74) is -0.882. The van der Waals surface area contributed by atoms with Crippen LogP contribution >= 0.6 is 11.8 Å². The predicted octanol–water partition coefficient (Wildman–Crippen LogP) is 5.00. The zero-order chi connectivity index (χ0) is 19.8.